The van der Waals surface area contributed by atoms with Crippen molar-refractivity contribution < 1.29 is 37.1 Å². The Balaban J connectivity index is 2.42. The average molecular weight is 436 g/mol. The zero-order chi connectivity index (χ0) is 22.5. The molecule has 0 radical (unpaired) electrons. The summed E-state index contributed by atoms with van der Waals surface area (Å²) in [6, 6.07) is -1.57. The molecule has 0 aromatic heterocycles. The van der Waals surface area contributed by atoms with Gasteiger partial charge in [0.15, 0.2) is 0 Å². The van der Waals surface area contributed by atoms with Crippen LogP contribution in [0.3, 0.4) is 0 Å². The fraction of sp³-hybridized carbons (Fsp3) is 0.778. The van der Waals surface area contributed by atoms with E-state index in [2.05, 4.69) is 16.0 Å². The third kappa shape index (κ3) is 6.31. The van der Waals surface area contributed by atoms with Gasteiger partial charge in [-0.3, -0.25) is 19.2 Å². The van der Waals surface area contributed by atoms with Gasteiger partial charge in [0, 0.05) is 32.7 Å². The predicted octanol–water partition coefficient (Wildman–Crippen LogP) is -0.297. The molecule has 2 aliphatic heterocycles. The van der Waals surface area contributed by atoms with Gasteiger partial charge in [0.25, 0.3) is 0 Å². The van der Waals surface area contributed by atoms with Crippen molar-refractivity contribution in [3.8, 4) is 0 Å². The molecule has 2 rings (SSSR count). The van der Waals surface area contributed by atoms with E-state index in [0.29, 0.717) is 12.8 Å². The Labute approximate surface area is 172 Å². The van der Waals surface area contributed by atoms with Crippen LogP contribution >= 0.6 is 0 Å². The number of ether oxygens (including phenoxy) is 1. The number of nitrogens with zero attached hydrogens (tertiary/aromatic N) is 1. The number of methoxy groups -OCH3 is 1. The third-order valence-electron chi connectivity index (χ3n) is 5.18. The number of piperidine rings is 1. The molecule has 2 saturated heterocycles. The Morgan fingerprint density at radius 3 is 2.50 bits per heavy atom. The molecule has 170 valence electrons. The normalized spacial score (nSPS) is 29.6. The Kier molecular flexibility index (Phi) is 7.67. The summed E-state index contributed by atoms with van der Waals surface area (Å²) in [5, 5.41) is 7.36. The van der Waals surface area contributed by atoms with Crippen LogP contribution in [0.4, 0.5) is 13.2 Å². The summed E-state index contributed by atoms with van der Waals surface area (Å²) < 4.78 is 45.2. The van der Waals surface area contributed by atoms with Crippen LogP contribution in [0.15, 0.2) is 0 Å². The Morgan fingerprint density at radius 1 is 1.17 bits per heavy atom. The molecule has 3 atom stereocenters. The maximum Gasteiger partial charge on any atom is 0.390 e. The van der Waals surface area contributed by atoms with E-state index in [1.165, 1.54) is 11.8 Å². The molecule has 3 unspecified atom stereocenters. The van der Waals surface area contributed by atoms with Crippen molar-refractivity contribution in [1.29, 1.82) is 0 Å². The molecule has 0 aromatic rings. The summed E-state index contributed by atoms with van der Waals surface area (Å²) >= 11 is 0. The smallest absolute Gasteiger partial charge is 0.384 e. The minimum Gasteiger partial charge on any atom is -0.384 e. The molecule has 4 amide bonds. The lowest BCUT2D eigenvalue weighted by Crippen LogP contribution is -2.58. The standard InChI is InChI=1S/C18H27F3N4O5/c1-11-15(28)22-7-14(27)24-12-4-3-5-25(8-12)16(29)17(10-30-2,6-13(26)23-11)9-18(19,20)21/h11-12H,3-10H2,1-2H3,(H,22,28)(H,23,26)(H,24,27). The number of carbonyl (C=O) groups excluding carboxylic acids is 4. The van der Waals surface area contributed by atoms with Crippen molar-refractivity contribution in [2.45, 2.75) is 50.9 Å². The van der Waals surface area contributed by atoms with Gasteiger partial charge < -0.3 is 25.6 Å². The minimum absolute atomic E-state index is 0.0138. The molecule has 0 spiro atoms. The summed E-state index contributed by atoms with van der Waals surface area (Å²) in [4.78, 5) is 51.2. The van der Waals surface area contributed by atoms with E-state index in [0.717, 1.165) is 7.11 Å². The van der Waals surface area contributed by atoms with E-state index >= 15 is 0 Å². The molecule has 2 bridgehead atoms. The van der Waals surface area contributed by atoms with Crippen molar-refractivity contribution in [2.24, 2.45) is 5.41 Å². The number of fused-ring (bicyclic) bond motifs is 2. The third-order valence-corrected chi connectivity index (χ3v) is 5.18. The van der Waals surface area contributed by atoms with Crippen LogP contribution in [0.25, 0.3) is 0 Å². The second-order valence-electron chi connectivity index (χ2n) is 7.85. The lowest BCUT2D eigenvalue weighted by atomic mass is 9.79. The zero-order valence-electron chi connectivity index (χ0n) is 16.9. The second kappa shape index (κ2) is 9.63. The molecule has 2 aliphatic rings. The first kappa shape index (κ1) is 23.9. The number of nitrogens with one attached hydrogen (secondary N) is 3. The van der Waals surface area contributed by atoms with Crippen molar-refractivity contribution in [3.05, 3.63) is 0 Å². The lowest BCUT2D eigenvalue weighted by molar-refractivity contribution is -0.183. The average Bonchev–Trinajstić information content (AvgIpc) is 2.63. The lowest BCUT2D eigenvalue weighted by Gasteiger charge is -2.41. The van der Waals surface area contributed by atoms with E-state index in [4.69, 9.17) is 4.74 Å². The molecular formula is C18H27F3N4O5. The number of amides is 4. The fourth-order valence-corrected chi connectivity index (χ4v) is 3.92. The maximum absolute atomic E-state index is 13.4. The molecular weight excluding hydrogens is 409 g/mol. The highest BCUT2D eigenvalue weighted by atomic mass is 19.4. The predicted molar refractivity (Wildman–Crippen MR) is 98.0 cm³/mol. The largest absolute Gasteiger partial charge is 0.390 e. The Bertz CT molecular complexity index is 687. The van der Waals surface area contributed by atoms with Gasteiger partial charge in [0.2, 0.25) is 23.6 Å². The molecule has 0 aliphatic carbocycles. The first-order valence-corrected chi connectivity index (χ1v) is 9.67. The summed E-state index contributed by atoms with van der Waals surface area (Å²) in [5.41, 5.74) is -2.18. The van der Waals surface area contributed by atoms with E-state index in [1.807, 2.05) is 0 Å². The highest BCUT2D eigenvalue weighted by Gasteiger charge is 2.51. The fourth-order valence-electron chi connectivity index (χ4n) is 3.92. The number of alkyl halides is 3. The van der Waals surface area contributed by atoms with Crippen LogP contribution in [-0.4, -0.2) is 80.1 Å². The minimum atomic E-state index is -4.73. The van der Waals surface area contributed by atoms with Gasteiger partial charge in [-0.05, 0) is 19.8 Å². The summed E-state index contributed by atoms with van der Waals surface area (Å²) in [5.74, 6) is -2.90. The van der Waals surface area contributed by atoms with Crippen LogP contribution in [-0.2, 0) is 23.9 Å². The van der Waals surface area contributed by atoms with E-state index in [-0.39, 0.29) is 19.6 Å². The molecule has 2 fully saturated rings. The SMILES string of the molecule is COCC1(CC(F)(F)F)CC(=O)NC(C)C(=O)NCC(=O)NC2CCCN(C2)C1=O. The van der Waals surface area contributed by atoms with Crippen LogP contribution in [0.1, 0.15) is 32.6 Å². The van der Waals surface area contributed by atoms with Gasteiger partial charge in [0.05, 0.1) is 25.0 Å². The number of hydrogen-bond acceptors (Lipinski definition) is 5. The van der Waals surface area contributed by atoms with Crippen molar-refractivity contribution in [1.82, 2.24) is 20.9 Å². The number of carbonyl (C=O) groups is 4. The van der Waals surface area contributed by atoms with Gasteiger partial charge in [-0.1, -0.05) is 0 Å². The Hall–Kier alpha value is -2.37. The van der Waals surface area contributed by atoms with Gasteiger partial charge in [-0.15, -0.1) is 0 Å². The van der Waals surface area contributed by atoms with Crippen molar-refractivity contribution in [2.75, 3.05) is 33.4 Å². The first-order valence-electron chi connectivity index (χ1n) is 9.67. The van der Waals surface area contributed by atoms with Crippen LogP contribution in [0.2, 0.25) is 0 Å². The number of hydrogen-bond donors (Lipinski definition) is 3. The molecule has 9 nitrogen and oxygen atoms in total. The van der Waals surface area contributed by atoms with Gasteiger partial charge in [-0.25, -0.2) is 0 Å². The van der Waals surface area contributed by atoms with E-state index < -0.39 is 66.8 Å². The molecule has 12 heteroatoms. The molecule has 3 N–H and O–H groups in total. The van der Waals surface area contributed by atoms with Gasteiger partial charge in [-0.2, -0.15) is 13.2 Å². The zero-order valence-corrected chi connectivity index (χ0v) is 16.9. The first-order chi connectivity index (χ1) is 14.0. The topological polar surface area (TPSA) is 117 Å². The maximum atomic E-state index is 13.4. The van der Waals surface area contributed by atoms with Crippen LogP contribution < -0.4 is 16.0 Å². The van der Waals surface area contributed by atoms with E-state index in [9.17, 15) is 32.3 Å². The molecule has 2 heterocycles. The van der Waals surface area contributed by atoms with Crippen molar-refractivity contribution in [3.63, 3.8) is 0 Å². The number of halogens is 3. The Morgan fingerprint density at radius 2 is 1.87 bits per heavy atom. The summed E-state index contributed by atoms with van der Waals surface area (Å²) in [7, 11) is 1.16. The monoisotopic (exact) mass is 436 g/mol. The second-order valence-corrected chi connectivity index (χ2v) is 7.85. The van der Waals surface area contributed by atoms with Gasteiger partial charge in [0.1, 0.15) is 6.04 Å². The molecule has 30 heavy (non-hydrogen) atoms. The summed E-state index contributed by atoms with van der Waals surface area (Å²) in [6.07, 6.45) is -6.05. The van der Waals surface area contributed by atoms with Gasteiger partial charge >= 0.3 is 6.18 Å². The highest BCUT2D eigenvalue weighted by Crippen LogP contribution is 2.39. The quantitative estimate of drug-likeness (QED) is 0.562. The van der Waals surface area contributed by atoms with Crippen molar-refractivity contribution >= 4 is 23.6 Å². The molecule has 0 aromatic carbocycles. The molecule has 0 saturated carbocycles. The van der Waals surface area contributed by atoms with Crippen LogP contribution in [0, 0.1) is 5.41 Å². The van der Waals surface area contributed by atoms with E-state index in [1.54, 1.807) is 0 Å². The highest BCUT2D eigenvalue weighted by molar-refractivity contribution is 5.93. The summed E-state index contributed by atoms with van der Waals surface area (Å²) in [6.45, 7) is 0.625. The van der Waals surface area contributed by atoms with Crippen LogP contribution in [0.5, 0.6) is 0 Å². The number of rotatable bonds is 3.